The molecule has 0 aliphatic carbocycles. The first-order valence-corrected chi connectivity index (χ1v) is 7.65. The van der Waals surface area contributed by atoms with Gasteiger partial charge in [-0.3, -0.25) is 0 Å². The summed E-state index contributed by atoms with van der Waals surface area (Å²) in [5.74, 6) is 0.806. The lowest BCUT2D eigenvalue weighted by atomic mass is 9.75. The first-order chi connectivity index (χ1) is 8.91. The van der Waals surface area contributed by atoms with E-state index in [0.29, 0.717) is 11.0 Å². The summed E-state index contributed by atoms with van der Waals surface area (Å²) >= 11 is 3.59. The number of rotatable bonds is 1. The molecule has 1 aromatic carbocycles. The molecule has 1 heterocycles. The van der Waals surface area contributed by atoms with E-state index in [4.69, 9.17) is 5.26 Å². The molecule has 0 unspecified atom stereocenters. The highest BCUT2D eigenvalue weighted by molar-refractivity contribution is 9.10. The predicted molar refractivity (Wildman–Crippen MR) is 83.2 cm³/mol. The highest BCUT2D eigenvalue weighted by Crippen LogP contribution is 2.37. The molecule has 0 saturated carbocycles. The number of anilines is 1. The Hall–Kier alpha value is -1.01. The van der Waals surface area contributed by atoms with Crippen LogP contribution in [0.2, 0.25) is 0 Å². The van der Waals surface area contributed by atoms with Crippen molar-refractivity contribution in [2.45, 2.75) is 33.6 Å². The fourth-order valence-corrected chi connectivity index (χ4v) is 3.45. The van der Waals surface area contributed by atoms with Crippen LogP contribution >= 0.6 is 15.9 Å². The lowest BCUT2D eigenvalue weighted by Gasteiger charge is -2.40. The minimum Gasteiger partial charge on any atom is -0.371 e. The zero-order valence-corrected chi connectivity index (χ0v) is 13.5. The van der Waals surface area contributed by atoms with Crippen LogP contribution in [-0.4, -0.2) is 13.1 Å². The molecule has 1 fully saturated rings. The number of nitriles is 1. The first kappa shape index (κ1) is 14.4. The van der Waals surface area contributed by atoms with Gasteiger partial charge >= 0.3 is 0 Å². The lowest BCUT2D eigenvalue weighted by Crippen LogP contribution is -2.38. The summed E-state index contributed by atoms with van der Waals surface area (Å²) in [6.07, 6.45) is 2.49. The van der Waals surface area contributed by atoms with Crippen LogP contribution in [0.1, 0.15) is 39.2 Å². The van der Waals surface area contributed by atoms with E-state index >= 15 is 0 Å². The molecule has 0 spiro atoms. The number of nitrogens with zero attached hydrogens (tertiary/aromatic N) is 2. The summed E-state index contributed by atoms with van der Waals surface area (Å²) in [5, 5.41) is 8.90. The second-order valence-electron chi connectivity index (χ2n) is 6.41. The average molecular weight is 321 g/mol. The van der Waals surface area contributed by atoms with Crippen LogP contribution in [0.4, 0.5) is 5.69 Å². The minimum atomic E-state index is 0.411. The molecule has 0 atom stereocenters. The van der Waals surface area contributed by atoms with Crippen molar-refractivity contribution in [3.05, 3.63) is 28.2 Å². The van der Waals surface area contributed by atoms with Crippen molar-refractivity contribution >= 4 is 21.6 Å². The fourth-order valence-electron chi connectivity index (χ4n) is 2.82. The molecule has 1 saturated heterocycles. The molecule has 0 aromatic heterocycles. The SMILES string of the molecule is CC(C)(C)C1CCN(c2ccc(C#N)cc2Br)CC1. The van der Waals surface area contributed by atoms with E-state index < -0.39 is 0 Å². The molecular weight excluding hydrogens is 300 g/mol. The Bertz CT molecular complexity index is 488. The molecule has 0 radical (unpaired) electrons. The normalized spacial score (nSPS) is 17.3. The van der Waals surface area contributed by atoms with E-state index in [2.05, 4.69) is 53.7 Å². The molecule has 102 valence electrons. The van der Waals surface area contributed by atoms with Gasteiger partial charge in [-0.1, -0.05) is 20.8 Å². The van der Waals surface area contributed by atoms with E-state index in [-0.39, 0.29) is 0 Å². The first-order valence-electron chi connectivity index (χ1n) is 6.86. The van der Waals surface area contributed by atoms with Crippen molar-refractivity contribution in [3.63, 3.8) is 0 Å². The van der Waals surface area contributed by atoms with E-state index in [1.807, 2.05) is 12.1 Å². The van der Waals surface area contributed by atoms with Crippen molar-refractivity contribution in [1.82, 2.24) is 0 Å². The average Bonchev–Trinajstić information content (AvgIpc) is 2.37. The Labute approximate surface area is 124 Å². The number of hydrogen-bond acceptors (Lipinski definition) is 2. The Kier molecular flexibility index (Phi) is 4.20. The third-order valence-electron chi connectivity index (χ3n) is 4.14. The number of hydrogen-bond donors (Lipinski definition) is 0. The predicted octanol–water partition coefficient (Wildman–Crippen LogP) is 4.58. The van der Waals surface area contributed by atoms with Crippen LogP contribution in [-0.2, 0) is 0 Å². The molecule has 19 heavy (non-hydrogen) atoms. The van der Waals surface area contributed by atoms with Crippen LogP contribution in [0.5, 0.6) is 0 Å². The van der Waals surface area contributed by atoms with Crippen molar-refractivity contribution in [1.29, 1.82) is 5.26 Å². The van der Waals surface area contributed by atoms with Crippen LogP contribution in [0.25, 0.3) is 0 Å². The monoisotopic (exact) mass is 320 g/mol. The smallest absolute Gasteiger partial charge is 0.0992 e. The summed E-state index contributed by atoms with van der Waals surface area (Å²) in [6.45, 7) is 9.22. The topological polar surface area (TPSA) is 27.0 Å². The maximum absolute atomic E-state index is 8.90. The molecule has 2 nitrogen and oxygen atoms in total. The van der Waals surface area contributed by atoms with Crippen molar-refractivity contribution in [2.75, 3.05) is 18.0 Å². The fraction of sp³-hybridized carbons (Fsp3) is 0.562. The molecule has 2 rings (SSSR count). The van der Waals surface area contributed by atoms with Crippen molar-refractivity contribution < 1.29 is 0 Å². The van der Waals surface area contributed by atoms with Gasteiger partial charge in [-0.25, -0.2) is 0 Å². The van der Waals surface area contributed by atoms with E-state index in [9.17, 15) is 0 Å². The van der Waals surface area contributed by atoms with E-state index in [1.54, 1.807) is 0 Å². The zero-order chi connectivity index (χ0) is 14.0. The van der Waals surface area contributed by atoms with Gasteiger partial charge in [-0.15, -0.1) is 0 Å². The maximum Gasteiger partial charge on any atom is 0.0992 e. The molecule has 3 heteroatoms. The highest BCUT2D eigenvalue weighted by Gasteiger charge is 2.29. The molecule has 0 bridgehead atoms. The van der Waals surface area contributed by atoms with E-state index in [0.717, 1.165) is 23.5 Å². The number of piperidine rings is 1. The Balaban J connectivity index is 2.08. The van der Waals surface area contributed by atoms with Gasteiger partial charge in [0, 0.05) is 17.6 Å². The van der Waals surface area contributed by atoms with Gasteiger partial charge in [-0.2, -0.15) is 5.26 Å². The van der Waals surface area contributed by atoms with Gasteiger partial charge in [0.05, 0.1) is 17.3 Å². The third kappa shape index (κ3) is 3.30. The summed E-state index contributed by atoms with van der Waals surface area (Å²) in [5.41, 5.74) is 2.33. The molecule has 1 aliphatic heterocycles. The van der Waals surface area contributed by atoms with Crippen LogP contribution in [0.15, 0.2) is 22.7 Å². The summed E-state index contributed by atoms with van der Waals surface area (Å²) in [4.78, 5) is 2.42. The van der Waals surface area contributed by atoms with Crippen LogP contribution in [0, 0.1) is 22.7 Å². The van der Waals surface area contributed by atoms with Gasteiger partial charge in [0.1, 0.15) is 0 Å². The number of benzene rings is 1. The van der Waals surface area contributed by atoms with Crippen LogP contribution < -0.4 is 4.90 Å². The molecular formula is C16H21BrN2. The zero-order valence-electron chi connectivity index (χ0n) is 11.9. The van der Waals surface area contributed by atoms with Gasteiger partial charge in [0.2, 0.25) is 0 Å². The summed E-state index contributed by atoms with van der Waals surface area (Å²) < 4.78 is 1.03. The molecule has 1 aliphatic rings. The van der Waals surface area contributed by atoms with Gasteiger partial charge in [-0.05, 0) is 58.3 Å². The standard InChI is InChI=1S/C16H21BrN2/c1-16(2,3)13-6-8-19(9-7-13)15-5-4-12(11-18)10-14(15)17/h4-5,10,13H,6-9H2,1-3H3. The van der Waals surface area contributed by atoms with Crippen molar-refractivity contribution in [2.24, 2.45) is 11.3 Å². The van der Waals surface area contributed by atoms with Gasteiger partial charge < -0.3 is 4.90 Å². The third-order valence-corrected chi connectivity index (χ3v) is 4.77. The maximum atomic E-state index is 8.90. The molecule has 0 amide bonds. The molecule has 1 aromatic rings. The lowest BCUT2D eigenvalue weighted by molar-refractivity contribution is 0.199. The summed E-state index contributed by atoms with van der Waals surface area (Å²) in [6, 6.07) is 8.04. The Morgan fingerprint density at radius 2 is 1.89 bits per heavy atom. The quantitative estimate of drug-likeness (QED) is 0.757. The Morgan fingerprint density at radius 1 is 1.26 bits per heavy atom. The van der Waals surface area contributed by atoms with Gasteiger partial charge in [0.25, 0.3) is 0 Å². The van der Waals surface area contributed by atoms with Gasteiger partial charge in [0.15, 0.2) is 0 Å². The second-order valence-corrected chi connectivity index (χ2v) is 7.26. The summed E-state index contributed by atoms with van der Waals surface area (Å²) in [7, 11) is 0. The largest absolute Gasteiger partial charge is 0.371 e. The van der Waals surface area contributed by atoms with Crippen LogP contribution in [0.3, 0.4) is 0 Å². The Morgan fingerprint density at radius 3 is 2.37 bits per heavy atom. The number of halogens is 1. The minimum absolute atomic E-state index is 0.411. The second kappa shape index (κ2) is 5.54. The molecule has 0 N–H and O–H groups in total. The highest BCUT2D eigenvalue weighted by atomic mass is 79.9. The van der Waals surface area contributed by atoms with Crippen molar-refractivity contribution in [3.8, 4) is 6.07 Å². The van der Waals surface area contributed by atoms with E-state index in [1.165, 1.54) is 18.5 Å².